The van der Waals surface area contributed by atoms with Gasteiger partial charge in [0.1, 0.15) is 5.60 Å². The monoisotopic (exact) mass is 365 g/mol. The third kappa shape index (κ3) is 3.81. The lowest BCUT2D eigenvalue weighted by atomic mass is 9.61. The van der Waals surface area contributed by atoms with E-state index in [1.54, 1.807) is 65.0 Å². The summed E-state index contributed by atoms with van der Waals surface area (Å²) in [5.74, 6) is -3.30. The second kappa shape index (κ2) is 7.76. The van der Waals surface area contributed by atoms with Crippen molar-refractivity contribution in [2.45, 2.75) is 64.0 Å². The van der Waals surface area contributed by atoms with Gasteiger partial charge < -0.3 is 14.9 Å². The SMILES string of the molecule is CCC(CC)(c1ccccc1)C(NC(=O)OC(C)(C)C)(C(=O)O)C(=O)O. The maximum atomic E-state index is 12.3. The van der Waals surface area contributed by atoms with E-state index in [2.05, 4.69) is 5.32 Å². The molecule has 0 heterocycles. The molecule has 0 radical (unpaired) electrons. The predicted octanol–water partition coefficient (Wildman–Crippen LogP) is 3.18. The molecular weight excluding hydrogens is 338 g/mol. The maximum Gasteiger partial charge on any atom is 0.409 e. The van der Waals surface area contributed by atoms with Gasteiger partial charge >= 0.3 is 18.0 Å². The Morgan fingerprint density at radius 2 is 1.42 bits per heavy atom. The van der Waals surface area contributed by atoms with Crippen LogP contribution < -0.4 is 5.32 Å². The molecule has 1 aromatic rings. The zero-order valence-electron chi connectivity index (χ0n) is 15.8. The van der Waals surface area contributed by atoms with Gasteiger partial charge in [-0.25, -0.2) is 14.4 Å². The van der Waals surface area contributed by atoms with E-state index in [-0.39, 0.29) is 12.8 Å². The summed E-state index contributed by atoms with van der Waals surface area (Å²) in [7, 11) is 0. The van der Waals surface area contributed by atoms with Gasteiger partial charge in [0.2, 0.25) is 5.54 Å². The molecule has 1 amide bonds. The van der Waals surface area contributed by atoms with E-state index in [9.17, 15) is 24.6 Å². The summed E-state index contributed by atoms with van der Waals surface area (Å²) in [5.41, 5.74) is -4.34. The minimum absolute atomic E-state index is 0.182. The summed E-state index contributed by atoms with van der Waals surface area (Å²) < 4.78 is 5.14. The van der Waals surface area contributed by atoms with Crippen LogP contribution in [-0.4, -0.2) is 39.4 Å². The van der Waals surface area contributed by atoms with Crippen molar-refractivity contribution in [3.05, 3.63) is 35.9 Å². The van der Waals surface area contributed by atoms with Crippen LogP contribution in [0.2, 0.25) is 0 Å². The fourth-order valence-electron chi connectivity index (χ4n) is 3.35. The Morgan fingerprint density at radius 3 is 1.77 bits per heavy atom. The van der Waals surface area contributed by atoms with Crippen LogP contribution in [0.4, 0.5) is 4.79 Å². The molecule has 26 heavy (non-hydrogen) atoms. The molecule has 7 heteroatoms. The Labute approximate surface area is 153 Å². The molecule has 7 nitrogen and oxygen atoms in total. The first-order chi connectivity index (χ1) is 12.0. The third-order valence-corrected chi connectivity index (χ3v) is 4.58. The van der Waals surface area contributed by atoms with Crippen LogP contribution in [0.15, 0.2) is 30.3 Å². The number of rotatable bonds is 7. The van der Waals surface area contributed by atoms with Gasteiger partial charge in [-0.2, -0.15) is 0 Å². The Kier molecular flexibility index (Phi) is 6.41. The lowest BCUT2D eigenvalue weighted by Crippen LogP contribution is -2.71. The van der Waals surface area contributed by atoms with E-state index >= 15 is 0 Å². The summed E-state index contributed by atoms with van der Waals surface area (Å²) in [5, 5.41) is 22.1. The predicted molar refractivity (Wildman–Crippen MR) is 96.1 cm³/mol. The van der Waals surface area contributed by atoms with E-state index in [4.69, 9.17) is 4.74 Å². The van der Waals surface area contributed by atoms with Crippen LogP contribution >= 0.6 is 0 Å². The number of carbonyl (C=O) groups excluding carboxylic acids is 1. The van der Waals surface area contributed by atoms with Crippen LogP contribution in [0.3, 0.4) is 0 Å². The molecule has 1 rings (SSSR count). The van der Waals surface area contributed by atoms with E-state index < -0.39 is 34.6 Å². The smallest absolute Gasteiger partial charge is 0.409 e. The lowest BCUT2D eigenvalue weighted by molar-refractivity contribution is -0.164. The summed E-state index contributed by atoms with van der Waals surface area (Å²) in [6.45, 7) is 8.24. The number of amides is 1. The zero-order chi connectivity index (χ0) is 20.2. The summed E-state index contributed by atoms with van der Waals surface area (Å²) in [4.78, 5) is 36.8. The van der Waals surface area contributed by atoms with E-state index in [0.717, 1.165) is 0 Å². The number of hydrogen-bond acceptors (Lipinski definition) is 4. The Morgan fingerprint density at radius 1 is 0.962 bits per heavy atom. The largest absolute Gasteiger partial charge is 0.479 e. The number of ether oxygens (including phenoxy) is 1. The first-order valence-electron chi connectivity index (χ1n) is 8.50. The molecule has 0 aliphatic carbocycles. The molecule has 0 aromatic heterocycles. The molecule has 0 fully saturated rings. The molecule has 0 saturated carbocycles. The van der Waals surface area contributed by atoms with E-state index in [0.29, 0.717) is 5.56 Å². The molecule has 0 aliphatic rings. The number of carbonyl (C=O) groups is 3. The van der Waals surface area contributed by atoms with E-state index in [1.807, 2.05) is 0 Å². The molecule has 144 valence electrons. The fourth-order valence-corrected chi connectivity index (χ4v) is 3.35. The Bertz CT molecular complexity index is 644. The van der Waals surface area contributed by atoms with E-state index in [1.165, 1.54) is 0 Å². The topological polar surface area (TPSA) is 113 Å². The van der Waals surface area contributed by atoms with Gasteiger partial charge in [0, 0.05) is 5.41 Å². The Balaban J connectivity index is 3.64. The summed E-state index contributed by atoms with van der Waals surface area (Å²) in [6.07, 6.45) is -0.728. The first kappa shape index (κ1) is 21.5. The molecule has 0 aliphatic heterocycles. The van der Waals surface area contributed by atoms with Crippen molar-refractivity contribution in [1.82, 2.24) is 5.32 Å². The summed E-state index contributed by atoms with van der Waals surface area (Å²) >= 11 is 0. The average molecular weight is 365 g/mol. The second-order valence-electron chi connectivity index (χ2n) is 7.14. The van der Waals surface area contributed by atoms with Crippen molar-refractivity contribution >= 4 is 18.0 Å². The van der Waals surface area contributed by atoms with Crippen molar-refractivity contribution in [3.63, 3.8) is 0 Å². The molecule has 0 saturated heterocycles. The first-order valence-corrected chi connectivity index (χ1v) is 8.50. The molecular formula is C19H27NO6. The van der Waals surface area contributed by atoms with Crippen molar-refractivity contribution in [3.8, 4) is 0 Å². The number of aliphatic carboxylic acids is 2. The quantitative estimate of drug-likeness (QED) is 0.640. The number of carboxylic acid groups (broad SMARTS) is 2. The van der Waals surface area contributed by atoms with Crippen LogP contribution in [0.5, 0.6) is 0 Å². The molecule has 0 atom stereocenters. The van der Waals surface area contributed by atoms with Gasteiger partial charge in [-0.3, -0.25) is 5.32 Å². The molecule has 0 spiro atoms. The number of nitrogens with one attached hydrogen (secondary N) is 1. The van der Waals surface area contributed by atoms with Crippen molar-refractivity contribution in [2.75, 3.05) is 0 Å². The number of hydrogen-bond donors (Lipinski definition) is 3. The highest BCUT2D eigenvalue weighted by Crippen LogP contribution is 2.42. The van der Waals surface area contributed by atoms with Gasteiger partial charge in [-0.1, -0.05) is 44.2 Å². The normalized spacial score (nSPS) is 12.3. The number of alkyl carbamates (subject to hydrolysis) is 1. The fraction of sp³-hybridized carbons (Fsp3) is 0.526. The molecule has 0 bridgehead atoms. The van der Waals surface area contributed by atoms with Gasteiger partial charge in [0.25, 0.3) is 0 Å². The van der Waals surface area contributed by atoms with Gasteiger partial charge in [0.05, 0.1) is 0 Å². The zero-order valence-corrected chi connectivity index (χ0v) is 15.8. The maximum absolute atomic E-state index is 12.3. The minimum Gasteiger partial charge on any atom is -0.479 e. The highest BCUT2D eigenvalue weighted by Gasteiger charge is 2.63. The van der Waals surface area contributed by atoms with Gasteiger partial charge in [0.15, 0.2) is 0 Å². The van der Waals surface area contributed by atoms with Crippen molar-refractivity contribution in [2.24, 2.45) is 0 Å². The molecule has 0 unspecified atom stereocenters. The minimum atomic E-state index is -2.58. The number of benzene rings is 1. The number of carboxylic acids is 2. The average Bonchev–Trinajstić information content (AvgIpc) is 2.54. The lowest BCUT2D eigenvalue weighted by Gasteiger charge is -2.45. The highest BCUT2D eigenvalue weighted by molar-refractivity contribution is 6.08. The Hall–Kier alpha value is -2.57. The van der Waals surface area contributed by atoms with Crippen molar-refractivity contribution in [1.29, 1.82) is 0 Å². The van der Waals surface area contributed by atoms with Crippen molar-refractivity contribution < 1.29 is 29.3 Å². The standard InChI is InChI=1S/C19H27NO6/c1-6-18(7-2,13-11-9-8-10-12-13)19(14(21)22,15(23)24)20-16(25)26-17(3,4)5/h8-12H,6-7H2,1-5H3,(H,20,25)(H,21,22)(H,23,24). The van der Waals surface area contributed by atoms with Gasteiger partial charge in [-0.15, -0.1) is 0 Å². The highest BCUT2D eigenvalue weighted by atomic mass is 16.6. The second-order valence-corrected chi connectivity index (χ2v) is 7.14. The third-order valence-electron chi connectivity index (χ3n) is 4.58. The summed E-state index contributed by atoms with van der Waals surface area (Å²) in [6, 6.07) is 8.51. The molecule has 3 N–H and O–H groups in total. The van der Waals surface area contributed by atoms with Crippen LogP contribution in [0.25, 0.3) is 0 Å². The van der Waals surface area contributed by atoms with Crippen LogP contribution in [0, 0.1) is 0 Å². The molecule has 1 aromatic carbocycles. The van der Waals surface area contributed by atoms with Crippen LogP contribution in [-0.2, 0) is 19.7 Å². The van der Waals surface area contributed by atoms with Gasteiger partial charge in [-0.05, 0) is 39.2 Å². The van der Waals surface area contributed by atoms with Crippen LogP contribution in [0.1, 0.15) is 53.0 Å².